The number of imidazole rings is 1. The number of fused-ring (bicyclic) bond motifs is 2. The van der Waals surface area contributed by atoms with Gasteiger partial charge < -0.3 is 20.0 Å². The van der Waals surface area contributed by atoms with Crippen molar-refractivity contribution < 1.29 is 23.2 Å². The molecular formula is C42H50F2N12O4. The van der Waals surface area contributed by atoms with E-state index in [1.807, 2.05) is 24.3 Å². The number of para-hydroxylation sites is 1. The van der Waals surface area contributed by atoms with Crippen LogP contribution in [0.5, 0.6) is 0 Å². The zero-order chi connectivity index (χ0) is 41.4. The standard InChI is InChI=1S/C42H50F2N12O4/c1-50(26-12-17-52(18-13-26)30-4-3-5-31-36(30)51(2)41(60)56(31)32-10-11-34(57)48-40(32)59)21-25-6-8-27(9-7-25)55-22-29(35(49-55)37(43)44)46-39(58)28-20-45-54-19-14-33(47-38(28)54)53-23-42(24-53)15-16-42/h3-5,14,19-20,22,25-27,32,37H,6-13,15-18,21,23-24H2,1-2H3,(H,46,58)(H,48,57,59)/t25-,27-,32?. The van der Waals surface area contributed by atoms with Crippen LogP contribution in [0.1, 0.15) is 98.8 Å². The fourth-order valence-electron chi connectivity index (χ4n) is 10.3. The molecule has 316 valence electrons. The predicted octanol–water partition coefficient (Wildman–Crippen LogP) is 4.68. The zero-order valence-corrected chi connectivity index (χ0v) is 33.9. The molecular weight excluding hydrogens is 775 g/mol. The number of piperidine rings is 2. The summed E-state index contributed by atoms with van der Waals surface area (Å²) in [6.07, 6.45) is 10.2. The van der Waals surface area contributed by atoms with Crippen LogP contribution in [0.15, 0.2) is 47.7 Å². The van der Waals surface area contributed by atoms with Gasteiger partial charge in [-0.05, 0) is 89.0 Å². The minimum Gasteiger partial charge on any atom is -0.370 e. The number of nitrogens with one attached hydrogen (secondary N) is 2. The zero-order valence-electron chi connectivity index (χ0n) is 33.9. The van der Waals surface area contributed by atoms with Crippen LogP contribution in [-0.2, 0) is 16.6 Å². The smallest absolute Gasteiger partial charge is 0.329 e. The molecule has 2 saturated carbocycles. The molecule has 1 atom stereocenters. The maximum atomic E-state index is 14.3. The molecule has 2 aliphatic carbocycles. The molecule has 5 fully saturated rings. The highest BCUT2D eigenvalue weighted by Gasteiger charge is 2.52. The van der Waals surface area contributed by atoms with E-state index in [1.165, 1.54) is 28.1 Å². The van der Waals surface area contributed by atoms with Gasteiger partial charge in [0.25, 0.3) is 12.3 Å². The third-order valence-corrected chi connectivity index (χ3v) is 13.9. The van der Waals surface area contributed by atoms with Gasteiger partial charge in [0.05, 0.1) is 34.6 Å². The molecule has 7 heterocycles. The lowest BCUT2D eigenvalue weighted by Gasteiger charge is -2.40. The number of nitrogens with zero attached hydrogens (tertiary/aromatic N) is 10. The van der Waals surface area contributed by atoms with Crippen molar-refractivity contribution in [1.29, 1.82) is 0 Å². The van der Waals surface area contributed by atoms with Gasteiger partial charge in [0.15, 0.2) is 11.3 Å². The molecule has 5 aliphatic rings. The van der Waals surface area contributed by atoms with Gasteiger partial charge in [-0.2, -0.15) is 10.2 Å². The lowest BCUT2D eigenvalue weighted by atomic mass is 9.85. The first-order valence-corrected chi connectivity index (χ1v) is 21.2. The van der Waals surface area contributed by atoms with Crippen LogP contribution in [-0.4, -0.2) is 102 Å². The molecule has 1 unspecified atom stereocenters. The topological polar surface area (TPSA) is 160 Å². The molecule has 0 radical (unpaired) electrons. The number of anilines is 3. The summed E-state index contributed by atoms with van der Waals surface area (Å²) in [4.78, 5) is 63.2. The maximum Gasteiger partial charge on any atom is 0.329 e. The average molecular weight is 825 g/mol. The highest BCUT2D eigenvalue weighted by atomic mass is 19.3. The SMILES string of the molecule is CN(C[C@H]1CC[C@H](n2cc(NC(=O)c3cnn4ccc(N5CC6(CC6)C5)nc34)c(C(F)F)n2)CC1)C1CCN(c2cccc3c2n(C)c(=O)n3C2CCC(=O)NC2=O)CC1. The van der Waals surface area contributed by atoms with Crippen molar-refractivity contribution in [3.63, 3.8) is 0 Å². The fourth-order valence-corrected chi connectivity index (χ4v) is 10.3. The Kier molecular flexibility index (Phi) is 9.52. The van der Waals surface area contributed by atoms with E-state index in [1.54, 1.807) is 28.7 Å². The van der Waals surface area contributed by atoms with Crippen molar-refractivity contribution in [1.82, 2.24) is 43.7 Å². The van der Waals surface area contributed by atoms with E-state index >= 15 is 0 Å². The van der Waals surface area contributed by atoms with E-state index in [2.05, 4.69) is 42.6 Å². The Morgan fingerprint density at radius 3 is 2.50 bits per heavy atom. The molecule has 0 bridgehead atoms. The van der Waals surface area contributed by atoms with Crippen LogP contribution in [0.2, 0.25) is 0 Å². The van der Waals surface area contributed by atoms with Crippen molar-refractivity contribution in [2.75, 3.05) is 54.9 Å². The van der Waals surface area contributed by atoms with Crippen LogP contribution in [0, 0.1) is 11.3 Å². The highest BCUT2D eigenvalue weighted by Crippen LogP contribution is 2.53. The normalized spacial score (nSPS) is 23.3. The van der Waals surface area contributed by atoms with Crippen LogP contribution in [0.3, 0.4) is 0 Å². The van der Waals surface area contributed by atoms with Crippen molar-refractivity contribution in [3.8, 4) is 0 Å². The molecule has 10 rings (SSSR count). The molecule has 2 N–H and O–H groups in total. The Morgan fingerprint density at radius 2 is 1.78 bits per heavy atom. The Morgan fingerprint density at radius 1 is 1.02 bits per heavy atom. The number of amides is 3. The van der Waals surface area contributed by atoms with Crippen LogP contribution >= 0.6 is 0 Å². The minimum atomic E-state index is -2.86. The van der Waals surface area contributed by atoms with E-state index in [-0.39, 0.29) is 35.3 Å². The van der Waals surface area contributed by atoms with E-state index in [4.69, 9.17) is 4.98 Å². The summed E-state index contributed by atoms with van der Waals surface area (Å²) < 4.78 is 34.9. The van der Waals surface area contributed by atoms with Crippen molar-refractivity contribution in [2.45, 2.75) is 88.8 Å². The van der Waals surface area contributed by atoms with Gasteiger partial charge in [-0.1, -0.05) is 6.07 Å². The van der Waals surface area contributed by atoms with E-state index < -0.39 is 30.0 Å². The second kappa shape index (κ2) is 14.8. The fraction of sp³-hybridized carbons (Fsp3) is 0.548. The molecule has 3 aliphatic heterocycles. The summed E-state index contributed by atoms with van der Waals surface area (Å²) in [6, 6.07) is 7.33. The van der Waals surface area contributed by atoms with Gasteiger partial charge in [-0.15, -0.1) is 0 Å². The number of carbonyl (C=O) groups excluding carboxylic acids is 3. The predicted molar refractivity (Wildman–Crippen MR) is 219 cm³/mol. The van der Waals surface area contributed by atoms with Crippen molar-refractivity contribution >= 4 is 51.6 Å². The Balaban J connectivity index is 0.745. The number of hydrogen-bond acceptors (Lipinski definition) is 10. The van der Waals surface area contributed by atoms with Crippen LogP contribution < -0.4 is 26.1 Å². The number of halogens is 2. The van der Waals surface area contributed by atoms with Gasteiger partial charge in [-0.25, -0.2) is 23.1 Å². The van der Waals surface area contributed by atoms with Gasteiger partial charge in [0.2, 0.25) is 11.8 Å². The summed E-state index contributed by atoms with van der Waals surface area (Å²) in [5.74, 6) is -0.0692. The number of benzene rings is 1. The number of imide groups is 1. The minimum absolute atomic E-state index is 0.00228. The molecule has 4 aromatic heterocycles. The lowest BCUT2D eigenvalue weighted by Crippen LogP contribution is -2.48. The van der Waals surface area contributed by atoms with E-state index in [9.17, 15) is 28.0 Å². The first-order valence-electron chi connectivity index (χ1n) is 21.2. The second-order valence-electron chi connectivity index (χ2n) is 17.8. The summed E-state index contributed by atoms with van der Waals surface area (Å²) in [6.45, 7) is 4.49. The molecule has 16 nitrogen and oxygen atoms in total. The largest absolute Gasteiger partial charge is 0.370 e. The number of aromatic nitrogens is 7. The van der Waals surface area contributed by atoms with Gasteiger partial charge in [0.1, 0.15) is 17.4 Å². The molecule has 5 aromatic rings. The first-order chi connectivity index (χ1) is 28.9. The molecule has 3 saturated heterocycles. The number of aryl methyl sites for hydroxylation is 1. The van der Waals surface area contributed by atoms with E-state index in [0.29, 0.717) is 35.0 Å². The quantitative estimate of drug-likeness (QED) is 0.190. The molecule has 1 aromatic carbocycles. The molecule has 3 amide bonds. The first kappa shape index (κ1) is 38.5. The summed E-state index contributed by atoms with van der Waals surface area (Å²) in [7, 11) is 3.92. The Labute approximate surface area is 344 Å². The third kappa shape index (κ3) is 6.81. The molecule has 18 heteroatoms. The lowest BCUT2D eigenvalue weighted by molar-refractivity contribution is -0.135. The average Bonchev–Trinajstić information content (AvgIpc) is 3.64. The van der Waals surface area contributed by atoms with Gasteiger partial charge in [0, 0.05) is 70.0 Å². The number of alkyl halides is 2. The number of rotatable bonds is 10. The van der Waals surface area contributed by atoms with Crippen molar-refractivity contribution in [2.24, 2.45) is 18.4 Å². The molecule has 1 spiro atoms. The van der Waals surface area contributed by atoms with Gasteiger partial charge >= 0.3 is 5.69 Å². The summed E-state index contributed by atoms with van der Waals surface area (Å²) in [5, 5.41) is 13.7. The van der Waals surface area contributed by atoms with Crippen molar-refractivity contribution in [3.05, 3.63) is 64.6 Å². The number of carbonyl (C=O) groups is 3. The summed E-state index contributed by atoms with van der Waals surface area (Å²) in [5.41, 5.74) is 2.76. The maximum absolute atomic E-state index is 14.3. The summed E-state index contributed by atoms with van der Waals surface area (Å²) >= 11 is 0. The van der Waals surface area contributed by atoms with Gasteiger partial charge in [-0.3, -0.25) is 33.5 Å². The third-order valence-electron chi connectivity index (χ3n) is 13.9. The molecule has 60 heavy (non-hydrogen) atoms. The van der Waals surface area contributed by atoms with Crippen LogP contribution in [0.25, 0.3) is 16.7 Å². The Hall–Kier alpha value is -5.65. The van der Waals surface area contributed by atoms with E-state index in [0.717, 1.165) is 88.3 Å². The Bertz CT molecular complexity index is 2550. The second-order valence-corrected chi connectivity index (χ2v) is 17.8. The monoisotopic (exact) mass is 824 g/mol. The highest BCUT2D eigenvalue weighted by molar-refractivity contribution is 6.08. The van der Waals surface area contributed by atoms with Crippen LogP contribution in [0.4, 0.5) is 26.0 Å². The number of hydrogen-bond donors (Lipinski definition) is 2.